The highest BCUT2D eigenvalue weighted by Crippen LogP contribution is 2.19. The smallest absolute Gasteiger partial charge is 0.189 e. The van der Waals surface area contributed by atoms with Crippen LogP contribution in [0, 0.1) is 11.3 Å². The number of aryl methyl sites for hydroxylation is 1. The average molecular weight is 164 g/mol. The van der Waals surface area contributed by atoms with Crippen molar-refractivity contribution in [1.82, 2.24) is 0 Å². The van der Waals surface area contributed by atoms with Gasteiger partial charge in [-0.25, -0.2) is 0 Å². The molecule has 0 bridgehead atoms. The molecule has 2 N–H and O–H groups in total. The summed E-state index contributed by atoms with van der Waals surface area (Å²) < 4.78 is 4.84. The highest BCUT2D eigenvalue weighted by molar-refractivity contribution is 5.80. The molecule has 0 aliphatic heterocycles. The molecule has 0 aromatic carbocycles. The summed E-state index contributed by atoms with van der Waals surface area (Å²) >= 11 is 0. The number of nitrogens with zero attached hydrogens (tertiary/aromatic N) is 1. The second-order valence-electron chi connectivity index (χ2n) is 2.31. The van der Waals surface area contributed by atoms with Crippen molar-refractivity contribution < 1.29 is 9.21 Å². The molecular formula is C8H8N2O2. The first-order chi connectivity index (χ1) is 5.79. The van der Waals surface area contributed by atoms with E-state index < -0.39 is 0 Å². The largest absolute Gasteiger partial charge is 0.459 e. The molecule has 0 unspecified atom stereocenters. The minimum Gasteiger partial charge on any atom is -0.459 e. The van der Waals surface area contributed by atoms with Gasteiger partial charge in [0.1, 0.15) is 0 Å². The van der Waals surface area contributed by atoms with Crippen LogP contribution in [-0.2, 0) is 6.42 Å². The number of nitrogens with two attached hydrogens (primary N) is 1. The summed E-state index contributed by atoms with van der Waals surface area (Å²) in [6.07, 6.45) is 2.88. The number of anilines is 1. The topological polar surface area (TPSA) is 80.0 Å². The van der Waals surface area contributed by atoms with Crippen molar-refractivity contribution in [1.29, 1.82) is 5.26 Å². The Labute approximate surface area is 69.6 Å². The van der Waals surface area contributed by atoms with E-state index in [1.807, 2.05) is 6.07 Å². The summed E-state index contributed by atoms with van der Waals surface area (Å²) in [5.41, 5.74) is 6.59. The van der Waals surface area contributed by atoms with Crippen LogP contribution in [0.15, 0.2) is 10.7 Å². The summed E-state index contributed by atoms with van der Waals surface area (Å²) in [5.74, 6) is 0.142. The summed E-state index contributed by atoms with van der Waals surface area (Å²) in [6.45, 7) is 0. The maximum atomic E-state index is 10.3. The van der Waals surface area contributed by atoms with Gasteiger partial charge in [-0.2, -0.15) is 5.26 Å². The number of rotatable bonds is 3. The Bertz CT molecular complexity index is 322. The Hall–Kier alpha value is -1.76. The van der Waals surface area contributed by atoms with E-state index >= 15 is 0 Å². The van der Waals surface area contributed by atoms with Crippen LogP contribution in [0.3, 0.4) is 0 Å². The van der Waals surface area contributed by atoms with Gasteiger partial charge in [-0.3, -0.25) is 4.79 Å². The number of hydrogen-bond donors (Lipinski definition) is 1. The number of nitrogen functional groups attached to an aromatic ring is 1. The van der Waals surface area contributed by atoms with E-state index in [0.29, 0.717) is 24.8 Å². The average Bonchev–Trinajstić information content (AvgIpc) is 2.43. The van der Waals surface area contributed by atoms with Crippen LogP contribution in [0.4, 0.5) is 5.69 Å². The third-order valence-corrected chi connectivity index (χ3v) is 1.55. The van der Waals surface area contributed by atoms with E-state index in [9.17, 15) is 4.79 Å². The Morgan fingerprint density at radius 2 is 2.50 bits per heavy atom. The first kappa shape index (κ1) is 8.34. The van der Waals surface area contributed by atoms with Gasteiger partial charge in [-0.1, -0.05) is 0 Å². The Morgan fingerprint density at radius 3 is 3.00 bits per heavy atom. The molecular weight excluding hydrogens is 156 g/mol. The van der Waals surface area contributed by atoms with Crippen molar-refractivity contribution >= 4 is 12.0 Å². The SMILES string of the molecule is N#CCCc1coc(C=O)c1N. The summed E-state index contributed by atoms with van der Waals surface area (Å²) in [4.78, 5) is 10.3. The molecule has 1 rings (SSSR count). The molecule has 12 heavy (non-hydrogen) atoms. The number of aldehydes is 1. The highest BCUT2D eigenvalue weighted by Gasteiger charge is 2.08. The fraction of sp³-hybridized carbons (Fsp3) is 0.250. The van der Waals surface area contributed by atoms with Crippen molar-refractivity contribution in [3.05, 3.63) is 17.6 Å². The molecule has 0 amide bonds. The van der Waals surface area contributed by atoms with Crippen LogP contribution in [0.2, 0.25) is 0 Å². The number of furan rings is 1. The Morgan fingerprint density at radius 1 is 1.75 bits per heavy atom. The molecule has 62 valence electrons. The molecule has 0 fully saturated rings. The quantitative estimate of drug-likeness (QED) is 0.679. The van der Waals surface area contributed by atoms with E-state index in [4.69, 9.17) is 15.4 Å². The van der Waals surface area contributed by atoms with Crippen molar-refractivity contribution in [3.8, 4) is 6.07 Å². The number of hydrogen-bond acceptors (Lipinski definition) is 4. The van der Waals surface area contributed by atoms with Gasteiger partial charge < -0.3 is 10.2 Å². The standard InChI is InChI=1S/C8H8N2O2/c9-3-1-2-6-5-12-7(4-11)8(6)10/h4-5H,1-2,10H2. The van der Waals surface area contributed by atoms with Crippen molar-refractivity contribution in [2.45, 2.75) is 12.8 Å². The molecule has 0 spiro atoms. The molecule has 0 aliphatic carbocycles. The van der Waals surface area contributed by atoms with Crippen LogP contribution >= 0.6 is 0 Å². The van der Waals surface area contributed by atoms with Gasteiger partial charge in [-0.15, -0.1) is 0 Å². The van der Waals surface area contributed by atoms with Crippen LogP contribution < -0.4 is 5.73 Å². The van der Waals surface area contributed by atoms with Crippen LogP contribution in [0.1, 0.15) is 22.5 Å². The second-order valence-corrected chi connectivity index (χ2v) is 2.31. The van der Waals surface area contributed by atoms with E-state index in [1.54, 1.807) is 0 Å². The molecule has 0 atom stereocenters. The molecule has 1 heterocycles. The fourth-order valence-corrected chi connectivity index (χ4v) is 0.895. The van der Waals surface area contributed by atoms with Crippen LogP contribution in [0.25, 0.3) is 0 Å². The highest BCUT2D eigenvalue weighted by atomic mass is 16.3. The van der Waals surface area contributed by atoms with Gasteiger partial charge in [0.2, 0.25) is 0 Å². The van der Waals surface area contributed by atoms with Gasteiger partial charge in [0, 0.05) is 12.0 Å². The Balaban J connectivity index is 2.81. The molecule has 1 aromatic heterocycles. The fourth-order valence-electron chi connectivity index (χ4n) is 0.895. The van der Waals surface area contributed by atoms with Crippen molar-refractivity contribution in [3.63, 3.8) is 0 Å². The van der Waals surface area contributed by atoms with E-state index in [1.165, 1.54) is 6.26 Å². The maximum Gasteiger partial charge on any atom is 0.189 e. The predicted molar refractivity (Wildman–Crippen MR) is 42.4 cm³/mol. The van der Waals surface area contributed by atoms with E-state index in [-0.39, 0.29) is 5.76 Å². The van der Waals surface area contributed by atoms with Crippen molar-refractivity contribution in [2.75, 3.05) is 5.73 Å². The maximum absolute atomic E-state index is 10.3. The zero-order valence-electron chi connectivity index (χ0n) is 6.41. The van der Waals surface area contributed by atoms with Crippen LogP contribution in [-0.4, -0.2) is 6.29 Å². The molecule has 0 radical (unpaired) electrons. The predicted octanol–water partition coefficient (Wildman–Crippen LogP) is 1.13. The lowest BCUT2D eigenvalue weighted by Gasteiger charge is -1.91. The summed E-state index contributed by atoms with van der Waals surface area (Å²) in [5, 5.41) is 8.29. The lowest BCUT2D eigenvalue weighted by atomic mass is 10.1. The molecule has 0 saturated carbocycles. The van der Waals surface area contributed by atoms with Gasteiger partial charge in [0.05, 0.1) is 18.0 Å². The first-order valence-electron chi connectivity index (χ1n) is 3.47. The zero-order chi connectivity index (χ0) is 8.97. The van der Waals surface area contributed by atoms with Gasteiger partial charge in [-0.05, 0) is 6.42 Å². The minimum atomic E-state index is 0.142. The van der Waals surface area contributed by atoms with E-state index in [2.05, 4.69) is 0 Å². The zero-order valence-corrected chi connectivity index (χ0v) is 6.41. The minimum absolute atomic E-state index is 0.142. The molecule has 4 heteroatoms. The van der Waals surface area contributed by atoms with Gasteiger partial charge >= 0.3 is 0 Å². The Kier molecular flexibility index (Phi) is 2.49. The van der Waals surface area contributed by atoms with Crippen LogP contribution in [0.5, 0.6) is 0 Å². The third kappa shape index (κ3) is 1.45. The summed E-state index contributed by atoms with van der Waals surface area (Å²) in [7, 11) is 0. The molecule has 1 aromatic rings. The third-order valence-electron chi connectivity index (χ3n) is 1.55. The van der Waals surface area contributed by atoms with Gasteiger partial charge in [0.25, 0.3) is 0 Å². The normalized spacial score (nSPS) is 9.25. The van der Waals surface area contributed by atoms with Gasteiger partial charge in [0.15, 0.2) is 12.0 Å². The number of nitriles is 1. The monoisotopic (exact) mass is 164 g/mol. The lowest BCUT2D eigenvalue weighted by molar-refractivity contribution is 0.110. The van der Waals surface area contributed by atoms with Crippen molar-refractivity contribution in [2.24, 2.45) is 0 Å². The lowest BCUT2D eigenvalue weighted by Crippen LogP contribution is -1.92. The molecule has 0 aliphatic rings. The second kappa shape index (κ2) is 3.58. The summed E-state index contributed by atoms with van der Waals surface area (Å²) in [6, 6.07) is 1.99. The van der Waals surface area contributed by atoms with E-state index in [0.717, 1.165) is 5.56 Å². The molecule has 0 saturated heterocycles. The molecule has 4 nitrogen and oxygen atoms in total. The number of carbonyl (C=O) groups is 1. The first-order valence-corrected chi connectivity index (χ1v) is 3.47. The number of carbonyl (C=O) groups excluding carboxylic acids is 1.